The van der Waals surface area contributed by atoms with Gasteiger partial charge >= 0.3 is 0 Å². The van der Waals surface area contributed by atoms with Crippen molar-refractivity contribution in [2.75, 3.05) is 0 Å². The SMILES string of the molecule is O=Cc1cc(Cl)c2cc[nH]c2c1. The van der Waals surface area contributed by atoms with Crippen molar-refractivity contribution in [1.82, 2.24) is 4.98 Å². The second-order valence-corrected chi connectivity index (χ2v) is 2.97. The number of carbonyl (C=O) groups excluding carboxylic acids is 1. The van der Waals surface area contributed by atoms with E-state index in [-0.39, 0.29) is 0 Å². The number of nitrogens with one attached hydrogen (secondary N) is 1. The fourth-order valence-electron chi connectivity index (χ4n) is 1.21. The molecule has 0 unspecified atom stereocenters. The third-order valence-corrected chi connectivity index (χ3v) is 2.09. The van der Waals surface area contributed by atoms with Gasteiger partial charge in [-0.15, -0.1) is 0 Å². The first-order valence-electron chi connectivity index (χ1n) is 3.53. The highest BCUT2D eigenvalue weighted by atomic mass is 35.5. The molecule has 1 aromatic carbocycles. The van der Waals surface area contributed by atoms with Gasteiger partial charge in [0, 0.05) is 22.7 Å². The Morgan fingerprint density at radius 3 is 3.00 bits per heavy atom. The van der Waals surface area contributed by atoms with Gasteiger partial charge in [-0.1, -0.05) is 11.6 Å². The normalized spacial score (nSPS) is 10.4. The van der Waals surface area contributed by atoms with Crippen molar-refractivity contribution in [3.8, 4) is 0 Å². The Morgan fingerprint density at radius 1 is 1.42 bits per heavy atom. The summed E-state index contributed by atoms with van der Waals surface area (Å²) in [6.07, 6.45) is 2.58. The van der Waals surface area contributed by atoms with Crippen LogP contribution in [-0.2, 0) is 0 Å². The van der Waals surface area contributed by atoms with E-state index < -0.39 is 0 Å². The van der Waals surface area contributed by atoms with Crippen molar-refractivity contribution in [1.29, 1.82) is 0 Å². The summed E-state index contributed by atoms with van der Waals surface area (Å²) >= 11 is 5.90. The number of aromatic amines is 1. The number of hydrogen-bond acceptors (Lipinski definition) is 1. The number of benzene rings is 1. The summed E-state index contributed by atoms with van der Waals surface area (Å²) in [5.74, 6) is 0. The van der Waals surface area contributed by atoms with Crippen LogP contribution in [-0.4, -0.2) is 11.3 Å². The molecule has 1 aromatic heterocycles. The molecule has 0 radical (unpaired) electrons. The van der Waals surface area contributed by atoms with Gasteiger partial charge in [0.15, 0.2) is 0 Å². The molecule has 0 atom stereocenters. The van der Waals surface area contributed by atoms with Crippen LogP contribution >= 0.6 is 11.6 Å². The van der Waals surface area contributed by atoms with E-state index in [1.807, 2.05) is 6.07 Å². The molecule has 0 amide bonds. The van der Waals surface area contributed by atoms with E-state index in [1.165, 1.54) is 0 Å². The average Bonchev–Trinajstić information content (AvgIpc) is 2.52. The van der Waals surface area contributed by atoms with E-state index in [1.54, 1.807) is 18.3 Å². The summed E-state index contributed by atoms with van der Waals surface area (Å²) in [5.41, 5.74) is 1.49. The minimum atomic E-state index is 0.593. The fraction of sp³-hybridized carbons (Fsp3) is 0. The summed E-state index contributed by atoms with van der Waals surface area (Å²) in [7, 11) is 0. The van der Waals surface area contributed by atoms with Crippen LogP contribution in [0.2, 0.25) is 5.02 Å². The molecular formula is C9H6ClNO. The van der Waals surface area contributed by atoms with E-state index in [4.69, 9.17) is 11.6 Å². The zero-order valence-electron chi connectivity index (χ0n) is 6.17. The molecule has 3 heteroatoms. The van der Waals surface area contributed by atoms with E-state index in [9.17, 15) is 4.79 Å². The molecule has 0 aliphatic heterocycles. The van der Waals surface area contributed by atoms with Gasteiger partial charge in [0.05, 0.1) is 5.02 Å². The van der Waals surface area contributed by atoms with Crippen LogP contribution in [0.1, 0.15) is 10.4 Å². The highest BCUT2D eigenvalue weighted by Gasteiger charge is 2.01. The van der Waals surface area contributed by atoms with Gasteiger partial charge in [0.25, 0.3) is 0 Å². The van der Waals surface area contributed by atoms with Crippen LogP contribution in [0.15, 0.2) is 24.4 Å². The van der Waals surface area contributed by atoms with Gasteiger partial charge in [-0.2, -0.15) is 0 Å². The fourth-order valence-corrected chi connectivity index (χ4v) is 1.50. The molecule has 0 spiro atoms. The number of rotatable bonds is 1. The average molecular weight is 180 g/mol. The van der Waals surface area contributed by atoms with Crippen LogP contribution in [0.3, 0.4) is 0 Å². The van der Waals surface area contributed by atoms with Crippen LogP contribution in [0.5, 0.6) is 0 Å². The standard InChI is InChI=1S/C9H6ClNO/c10-8-3-6(5-12)4-9-7(8)1-2-11-9/h1-5,11H. The molecule has 12 heavy (non-hydrogen) atoms. The van der Waals surface area contributed by atoms with Crippen LogP contribution in [0, 0.1) is 0 Å². The van der Waals surface area contributed by atoms with Crippen LogP contribution in [0.4, 0.5) is 0 Å². The zero-order valence-corrected chi connectivity index (χ0v) is 6.93. The van der Waals surface area contributed by atoms with Gasteiger partial charge in [-0.25, -0.2) is 0 Å². The maximum Gasteiger partial charge on any atom is 0.150 e. The zero-order chi connectivity index (χ0) is 8.55. The Bertz CT molecular complexity index is 433. The lowest BCUT2D eigenvalue weighted by Gasteiger charge is -1.95. The van der Waals surface area contributed by atoms with E-state index in [2.05, 4.69) is 4.98 Å². The summed E-state index contributed by atoms with van der Waals surface area (Å²) < 4.78 is 0. The molecule has 0 aliphatic carbocycles. The summed E-state index contributed by atoms with van der Waals surface area (Å²) in [6.45, 7) is 0. The number of fused-ring (bicyclic) bond motifs is 1. The van der Waals surface area contributed by atoms with Crippen molar-refractivity contribution in [3.05, 3.63) is 35.0 Å². The number of aromatic nitrogens is 1. The van der Waals surface area contributed by atoms with Gasteiger partial charge < -0.3 is 4.98 Å². The third-order valence-electron chi connectivity index (χ3n) is 1.78. The monoisotopic (exact) mass is 179 g/mol. The summed E-state index contributed by atoms with van der Waals surface area (Å²) in [5, 5.41) is 1.55. The van der Waals surface area contributed by atoms with Crippen molar-refractivity contribution in [2.45, 2.75) is 0 Å². The molecule has 2 rings (SSSR count). The molecule has 2 aromatic rings. The third kappa shape index (κ3) is 1.01. The summed E-state index contributed by atoms with van der Waals surface area (Å²) in [4.78, 5) is 13.4. The van der Waals surface area contributed by atoms with E-state index >= 15 is 0 Å². The molecule has 0 fully saturated rings. The largest absolute Gasteiger partial charge is 0.361 e. The minimum Gasteiger partial charge on any atom is -0.361 e. The lowest BCUT2D eigenvalue weighted by Crippen LogP contribution is -1.79. The quantitative estimate of drug-likeness (QED) is 0.671. The molecule has 2 nitrogen and oxygen atoms in total. The number of hydrogen-bond donors (Lipinski definition) is 1. The molecule has 0 saturated carbocycles. The maximum absolute atomic E-state index is 10.5. The second kappa shape index (κ2) is 2.64. The number of aldehydes is 1. The molecule has 0 aliphatic rings. The highest BCUT2D eigenvalue weighted by molar-refractivity contribution is 6.35. The van der Waals surface area contributed by atoms with Crippen LogP contribution in [0.25, 0.3) is 10.9 Å². The van der Waals surface area contributed by atoms with Crippen molar-refractivity contribution < 1.29 is 4.79 Å². The Balaban J connectivity index is 2.83. The second-order valence-electron chi connectivity index (χ2n) is 2.56. The molecule has 1 heterocycles. The molecule has 60 valence electrons. The van der Waals surface area contributed by atoms with Crippen molar-refractivity contribution in [2.24, 2.45) is 0 Å². The smallest absolute Gasteiger partial charge is 0.150 e. The van der Waals surface area contributed by atoms with Crippen LogP contribution < -0.4 is 0 Å². The molecular weight excluding hydrogens is 174 g/mol. The maximum atomic E-state index is 10.5. The van der Waals surface area contributed by atoms with E-state index in [0.29, 0.717) is 10.6 Å². The number of H-pyrrole nitrogens is 1. The predicted molar refractivity (Wildman–Crippen MR) is 48.7 cm³/mol. The first kappa shape index (κ1) is 7.37. The highest BCUT2D eigenvalue weighted by Crippen LogP contribution is 2.23. The Morgan fingerprint density at radius 2 is 2.25 bits per heavy atom. The van der Waals surface area contributed by atoms with Gasteiger partial charge in [-0.3, -0.25) is 4.79 Å². The molecule has 0 saturated heterocycles. The number of halogens is 1. The number of carbonyl (C=O) groups is 1. The molecule has 0 bridgehead atoms. The molecule has 1 N–H and O–H groups in total. The van der Waals surface area contributed by atoms with Gasteiger partial charge in [0.1, 0.15) is 6.29 Å². The predicted octanol–water partition coefficient (Wildman–Crippen LogP) is 2.63. The minimum absolute atomic E-state index is 0.593. The topological polar surface area (TPSA) is 32.9 Å². The van der Waals surface area contributed by atoms with E-state index in [0.717, 1.165) is 17.2 Å². The lowest BCUT2D eigenvalue weighted by molar-refractivity contribution is 0.112. The lowest BCUT2D eigenvalue weighted by atomic mass is 10.2. The van der Waals surface area contributed by atoms with Gasteiger partial charge in [0.2, 0.25) is 0 Å². The van der Waals surface area contributed by atoms with Gasteiger partial charge in [-0.05, 0) is 18.2 Å². The first-order valence-corrected chi connectivity index (χ1v) is 3.91. The van der Waals surface area contributed by atoms with Crippen molar-refractivity contribution in [3.63, 3.8) is 0 Å². The Kier molecular flexibility index (Phi) is 1.62. The first-order chi connectivity index (χ1) is 5.81. The van der Waals surface area contributed by atoms with Crippen molar-refractivity contribution >= 4 is 28.8 Å². The summed E-state index contributed by atoms with van der Waals surface area (Å²) in [6, 6.07) is 5.31. The Labute approximate surface area is 74.2 Å². The Hall–Kier alpha value is -1.28.